The fourth-order valence-corrected chi connectivity index (χ4v) is 5.16. The monoisotopic (exact) mass is 620 g/mol. The number of fused-ring (bicyclic) bond motifs is 1. The van der Waals surface area contributed by atoms with Gasteiger partial charge in [0.1, 0.15) is 34.4 Å². The van der Waals surface area contributed by atoms with Gasteiger partial charge in [-0.25, -0.2) is 22.2 Å². The molecule has 2 N–H and O–H groups in total. The van der Waals surface area contributed by atoms with Crippen LogP contribution in [0.15, 0.2) is 71.3 Å². The van der Waals surface area contributed by atoms with Crippen LogP contribution in [-0.2, 0) is 16.4 Å². The number of aromatic hydroxyl groups is 1. The zero-order valence-corrected chi connectivity index (χ0v) is 24.6. The standard InChI is InChI=1S/C31H26F2N4O6S/c1-34-31(40)28-22-14-21(23-11-13-26(39)29(36-23)25(38)12-10-20-9-8-19(33)16-35-20)24(37(2)44(3,41)42)15-27(22)43-30(28)17-4-6-18(32)7-5-17/h4-9,11,13-16,39H,10,12H2,1-3H3,(H,34,40). The molecule has 44 heavy (non-hydrogen) atoms. The number of anilines is 1. The van der Waals surface area contributed by atoms with Crippen LogP contribution in [0.1, 0.15) is 33.0 Å². The van der Waals surface area contributed by atoms with Gasteiger partial charge in [-0.3, -0.25) is 18.9 Å². The van der Waals surface area contributed by atoms with Crippen molar-refractivity contribution in [1.29, 1.82) is 0 Å². The molecule has 2 aromatic carbocycles. The second kappa shape index (κ2) is 11.8. The first kappa shape index (κ1) is 30.3. The van der Waals surface area contributed by atoms with Gasteiger partial charge in [0.15, 0.2) is 5.78 Å². The summed E-state index contributed by atoms with van der Waals surface area (Å²) in [6, 6.07) is 13.6. The molecule has 0 saturated heterocycles. The van der Waals surface area contributed by atoms with Gasteiger partial charge in [-0.05, 0) is 61.0 Å². The molecule has 0 bridgehead atoms. The number of hydrogen-bond acceptors (Lipinski definition) is 8. The molecule has 10 nitrogen and oxygen atoms in total. The maximum absolute atomic E-state index is 13.7. The number of nitrogens with one attached hydrogen (secondary N) is 1. The van der Waals surface area contributed by atoms with Crippen molar-refractivity contribution in [3.63, 3.8) is 0 Å². The molecule has 0 aliphatic carbocycles. The number of Topliss-reactive ketones (excluding diaryl/α,β-unsaturated/α-hetero) is 1. The van der Waals surface area contributed by atoms with Gasteiger partial charge in [0.25, 0.3) is 5.91 Å². The molecule has 0 unspecified atom stereocenters. The number of carbonyl (C=O) groups excluding carboxylic acids is 2. The van der Waals surface area contributed by atoms with E-state index in [4.69, 9.17) is 4.42 Å². The van der Waals surface area contributed by atoms with Crippen molar-refractivity contribution in [2.45, 2.75) is 12.8 Å². The van der Waals surface area contributed by atoms with Crippen LogP contribution >= 0.6 is 0 Å². The number of furan rings is 1. The van der Waals surface area contributed by atoms with Crippen LogP contribution in [0.4, 0.5) is 14.5 Å². The van der Waals surface area contributed by atoms with Crippen LogP contribution in [0.2, 0.25) is 0 Å². The summed E-state index contributed by atoms with van der Waals surface area (Å²) in [4.78, 5) is 34.6. The lowest BCUT2D eigenvalue weighted by Gasteiger charge is -2.20. The van der Waals surface area contributed by atoms with E-state index in [2.05, 4.69) is 15.3 Å². The predicted molar refractivity (Wildman–Crippen MR) is 160 cm³/mol. The summed E-state index contributed by atoms with van der Waals surface area (Å²) in [6.07, 6.45) is 2.11. The lowest BCUT2D eigenvalue weighted by Crippen LogP contribution is -2.25. The van der Waals surface area contributed by atoms with Gasteiger partial charge in [-0.15, -0.1) is 0 Å². The number of benzene rings is 2. The van der Waals surface area contributed by atoms with Gasteiger partial charge in [0.05, 0.1) is 29.4 Å². The molecule has 1 amide bonds. The second-order valence-corrected chi connectivity index (χ2v) is 12.0. The number of ketones is 1. The van der Waals surface area contributed by atoms with E-state index < -0.39 is 39.1 Å². The highest BCUT2D eigenvalue weighted by Crippen LogP contribution is 2.41. The first-order valence-corrected chi connectivity index (χ1v) is 15.1. The number of carbonyl (C=O) groups is 2. The molecule has 3 aromatic heterocycles. The van der Waals surface area contributed by atoms with E-state index in [9.17, 15) is 31.9 Å². The maximum Gasteiger partial charge on any atom is 0.255 e. The number of aromatic nitrogens is 2. The van der Waals surface area contributed by atoms with Crippen LogP contribution < -0.4 is 9.62 Å². The summed E-state index contributed by atoms with van der Waals surface area (Å²) < 4.78 is 59.2. The van der Waals surface area contributed by atoms with E-state index in [-0.39, 0.29) is 52.4 Å². The molecule has 0 atom stereocenters. The third-order valence-corrected chi connectivity index (χ3v) is 8.21. The smallest absolute Gasteiger partial charge is 0.255 e. The van der Waals surface area contributed by atoms with Crippen molar-refractivity contribution in [2.75, 3.05) is 24.7 Å². The van der Waals surface area contributed by atoms with Gasteiger partial charge in [-0.1, -0.05) is 0 Å². The molecule has 5 rings (SSSR count). The minimum atomic E-state index is -3.82. The molecular weight excluding hydrogens is 594 g/mol. The summed E-state index contributed by atoms with van der Waals surface area (Å²) in [5.41, 5.74) is 1.37. The van der Waals surface area contributed by atoms with E-state index >= 15 is 0 Å². The first-order valence-electron chi connectivity index (χ1n) is 13.2. The average Bonchev–Trinajstić information content (AvgIpc) is 3.37. The molecular formula is C31H26F2N4O6S. The number of pyridine rings is 2. The number of nitrogens with zero attached hydrogens (tertiary/aromatic N) is 3. The Morgan fingerprint density at radius 1 is 1.02 bits per heavy atom. The van der Waals surface area contributed by atoms with Crippen molar-refractivity contribution in [3.8, 4) is 28.3 Å². The highest BCUT2D eigenvalue weighted by Gasteiger charge is 2.27. The van der Waals surface area contributed by atoms with Crippen molar-refractivity contribution >= 4 is 38.4 Å². The summed E-state index contributed by atoms with van der Waals surface area (Å²) >= 11 is 0. The Morgan fingerprint density at radius 2 is 1.73 bits per heavy atom. The molecule has 0 saturated carbocycles. The fourth-order valence-electron chi connectivity index (χ4n) is 4.65. The third-order valence-electron chi connectivity index (χ3n) is 7.01. The predicted octanol–water partition coefficient (Wildman–Crippen LogP) is 5.11. The molecule has 0 radical (unpaired) electrons. The fraction of sp³-hybridized carbons (Fsp3) is 0.161. The third kappa shape index (κ3) is 5.99. The Labute approximate surface area is 251 Å². The van der Waals surface area contributed by atoms with Gasteiger partial charge in [0, 0.05) is 48.8 Å². The number of amides is 1. The van der Waals surface area contributed by atoms with Crippen molar-refractivity contribution in [3.05, 3.63) is 95.4 Å². The molecule has 0 aliphatic heterocycles. The van der Waals surface area contributed by atoms with E-state index in [1.54, 1.807) is 0 Å². The quantitative estimate of drug-likeness (QED) is 0.217. The summed E-state index contributed by atoms with van der Waals surface area (Å²) in [5, 5.41) is 13.4. The first-order chi connectivity index (χ1) is 20.9. The van der Waals surface area contributed by atoms with Crippen molar-refractivity contribution in [2.24, 2.45) is 0 Å². The zero-order chi connectivity index (χ0) is 31.8. The average molecular weight is 621 g/mol. The molecule has 226 valence electrons. The highest BCUT2D eigenvalue weighted by molar-refractivity contribution is 7.92. The van der Waals surface area contributed by atoms with Crippen LogP contribution in [0, 0.1) is 11.6 Å². The summed E-state index contributed by atoms with van der Waals surface area (Å²) in [5.74, 6) is -2.29. The number of sulfonamides is 1. The van der Waals surface area contributed by atoms with Crippen molar-refractivity contribution in [1.82, 2.24) is 15.3 Å². The normalized spacial score (nSPS) is 11.5. The lowest BCUT2D eigenvalue weighted by molar-refractivity contribution is 0.0960. The molecule has 0 fully saturated rings. The van der Waals surface area contributed by atoms with Crippen LogP contribution in [0.25, 0.3) is 33.6 Å². The lowest BCUT2D eigenvalue weighted by atomic mass is 10.00. The van der Waals surface area contributed by atoms with Crippen LogP contribution in [-0.4, -0.2) is 55.5 Å². The van der Waals surface area contributed by atoms with E-state index in [0.717, 1.165) is 16.8 Å². The molecule has 3 heterocycles. The van der Waals surface area contributed by atoms with Gasteiger partial charge in [-0.2, -0.15) is 0 Å². The Morgan fingerprint density at radius 3 is 2.36 bits per heavy atom. The largest absolute Gasteiger partial charge is 0.506 e. The minimum absolute atomic E-state index is 0.0959. The van der Waals surface area contributed by atoms with Crippen molar-refractivity contribution < 1.29 is 36.3 Å². The Kier molecular flexibility index (Phi) is 8.15. The number of aryl methyl sites for hydroxylation is 1. The van der Waals surface area contributed by atoms with Gasteiger partial charge in [0.2, 0.25) is 10.0 Å². The second-order valence-electron chi connectivity index (χ2n) is 9.94. The zero-order valence-electron chi connectivity index (χ0n) is 23.8. The van der Waals surface area contributed by atoms with E-state index in [1.165, 1.54) is 74.8 Å². The highest BCUT2D eigenvalue weighted by atomic mass is 32.2. The Balaban J connectivity index is 1.67. The van der Waals surface area contributed by atoms with E-state index in [0.29, 0.717) is 16.6 Å². The van der Waals surface area contributed by atoms with Crippen LogP contribution in [0.3, 0.4) is 0 Å². The minimum Gasteiger partial charge on any atom is -0.506 e. The molecule has 13 heteroatoms. The number of hydrogen-bond donors (Lipinski definition) is 2. The Hall–Kier alpha value is -5.17. The SMILES string of the molecule is CNC(=O)c1c(-c2ccc(F)cc2)oc2cc(N(C)S(C)(=O)=O)c(-c3ccc(O)c(C(=O)CCc4ccc(F)cn4)n3)cc12. The topological polar surface area (TPSA) is 143 Å². The maximum atomic E-state index is 13.7. The summed E-state index contributed by atoms with van der Waals surface area (Å²) in [7, 11) is -1.06. The molecule has 5 aromatic rings. The molecule has 0 aliphatic rings. The van der Waals surface area contributed by atoms with Gasteiger partial charge < -0.3 is 14.8 Å². The number of rotatable bonds is 9. The van der Waals surface area contributed by atoms with Gasteiger partial charge >= 0.3 is 0 Å². The van der Waals surface area contributed by atoms with E-state index in [1.807, 2.05) is 0 Å². The van der Waals surface area contributed by atoms with Crippen LogP contribution in [0.5, 0.6) is 5.75 Å². The Bertz CT molecular complexity index is 2010. The summed E-state index contributed by atoms with van der Waals surface area (Å²) in [6.45, 7) is 0. The molecule has 0 spiro atoms. The number of halogens is 2.